The molecule has 1 N–H and O–H groups in total. The van der Waals surface area contributed by atoms with Crippen LogP contribution in [-0.4, -0.2) is 23.1 Å². The third kappa shape index (κ3) is 4.53. The molecule has 18 heavy (non-hydrogen) atoms. The number of aryl methyl sites for hydroxylation is 1. The van der Waals surface area contributed by atoms with Crippen molar-refractivity contribution < 1.29 is 4.74 Å². The predicted octanol–water partition coefficient (Wildman–Crippen LogP) is 3.55. The minimum atomic E-state index is 0.482. The van der Waals surface area contributed by atoms with Crippen LogP contribution in [-0.2, 0) is 17.8 Å². The molecule has 1 aromatic rings. The van der Waals surface area contributed by atoms with Crippen molar-refractivity contribution in [3.8, 4) is 0 Å². The molecule has 0 radical (unpaired) electrons. The lowest BCUT2D eigenvalue weighted by Crippen LogP contribution is -2.09. The Morgan fingerprint density at radius 2 is 1.94 bits per heavy atom. The summed E-state index contributed by atoms with van der Waals surface area (Å²) in [5, 5.41) is 3.25. The number of rotatable bonds is 8. The number of aromatic nitrogens is 2. The summed E-state index contributed by atoms with van der Waals surface area (Å²) in [6, 6.07) is 0. The second-order valence-electron chi connectivity index (χ2n) is 4.08. The van der Waals surface area contributed by atoms with Gasteiger partial charge in [-0.05, 0) is 35.7 Å². The van der Waals surface area contributed by atoms with E-state index in [2.05, 4.69) is 52.0 Å². The number of anilines is 1. The van der Waals surface area contributed by atoms with Crippen LogP contribution in [0.3, 0.4) is 0 Å². The van der Waals surface area contributed by atoms with E-state index in [9.17, 15) is 0 Å². The first kappa shape index (κ1) is 15.4. The van der Waals surface area contributed by atoms with E-state index < -0.39 is 0 Å². The molecule has 0 bridgehead atoms. The first-order valence-electron chi connectivity index (χ1n) is 6.59. The Morgan fingerprint density at radius 3 is 2.56 bits per heavy atom. The van der Waals surface area contributed by atoms with Crippen LogP contribution in [0.15, 0.2) is 4.47 Å². The maximum atomic E-state index is 5.51. The zero-order chi connectivity index (χ0) is 13.4. The van der Waals surface area contributed by atoms with Crippen molar-refractivity contribution in [2.75, 3.05) is 18.5 Å². The molecule has 0 aromatic carbocycles. The standard InChI is InChI=1S/C13H22BrN3O/c1-4-7-10-12(14)13(15-6-3)17-11(16-10)9-18-8-5-2/h4-9H2,1-3H3,(H,15,16,17). The van der Waals surface area contributed by atoms with E-state index in [0.717, 1.165) is 54.2 Å². The van der Waals surface area contributed by atoms with Gasteiger partial charge in [-0.25, -0.2) is 9.97 Å². The van der Waals surface area contributed by atoms with Gasteiger partial charge in [-0.15, -0.1) is 0 Å². The fourth-order valence-corrected chi connectivity index (χ4v) is 2.12. The molecule has 0 aliphatic heterocycles. The van der Waals surface area contributed by atoms with Gasteiger partial charge in [0, 0.05) is 13.2 Å². The Morgan fingerprint density at radius 1 is 1.17 bits per heavy atom. The lowest BCUT2D eigenvalue weighted by atomic mass is 10.2. The highest BCUT2D eigenvalue weighted by atomic mass is 79.9. The van der Waals surface area contributed by atoms with Crippen molar-refractivity contribution in [1.29, 1.82) is 0 Å². The van der Waals surface area contributed by atoms with Crippen LogP contribution in [0.2, 0.25) is 0 Å². The monoisotopic (exact) mass is 315 g/mol. The van der Waals surface area contributed by atoms with Gasteiger partial charge in [0.2, 0.25) is 0 Å². The van der Waals surface area contributed by atoms with Gasteiger partial charge in [-0.1, -0.05) is 20.3 Å². The molecule has 5 heteroatoms. The minimum absolute atomic E-state index is 0.482. The topological polar surface area (TPSA) is 47.0 Å². The normalized spacial score (nSPS) is 10.7. The number of hydrogen-bond donors (Lipinski definition) is 1. The Balaban J connectivity index is 2.88. The second kappa shape index (κ2) is 8.43. The highest BCUT2D eigenvalue weighted by Gasteiger charge is 2.11. The fourth-order valence-electron chi connectivity index (χ4n) is 1.60. The van der Waals surface area contributed by atoms with Crippen molar-refractivity contribution >= 4 is 21.7 Å². The summed E-state index contributed by atoms with van der Waals surface area (Å²) >= 11 is 3.57. The van der Waals surface area contributed by atoms with E-state index in [1.807, 2.05) is 0 Å². The quantitative estimate of drug-likeness (QED) is 0.745. The Bertz CT molecular complexity index is 344. The van der Waals surface area contributed by atoms with Crippen LogP contribution in [0, 0.1) is 0 Å². The minimum Gasteiger partial charge on any atom is -0.373 e. The molecule has 0 saturated heterocycles. The lowest BCUT2D eigenvalue weighted by Gasteiger charge is -2.12. The van der Waals surface area contributed by atoms with Crippen LogP contribution >= 0.6 is 15.9 Å². The largest absolute Gasteiger partial charge is 0.373 e. The third-order valence-electron chi connectivity index (χ3n) is 2.38. The zero-order valence-corrected chi connectivity index (χ0v) is 13.0. The summed E-state index contributed by atoms with van der Waals surface area (Å²) in [7, 11) is 0. The van der Waals surface area contributed by atoms with Gasteiger partial charge in [0.15, 0.2) is 5.82 Å². The van der Waals surface area contributed by atoms with Crippen LogP contribution < -0.4 is 5.32 Å². The fraction of sp³-hybridized carbons (Fsp3) is 0.692. The van der Waals surface area contributed by atoms with Gasteiger partial charge in [-0.3, -0.25) is 0 Å². The van der Waals surface area contributed by atoms with Gasteiger partial charge >= 0.3 is 0 Å². The average molecular weight is 316 g/mol. The Kier molecular flexibility index (Phi) is 7.20. The molecular weight excluding hydrogens is 294 g/mol. The first-order chi connectivity index (χ1) is 8.72. The molecule has 0 amide bonds. The molecule has 0 unspecified atom stereocenters. The Labute approximate surface area is 118 Å². The predicted molar refractivity (Wildman–Crippen MR) is 77.8 cm³/mol. The van der Waals surface area contributed by atoms with Crippen molar-refractivity contribution in [1.82, 2.24) is 9.97 Å². The smallest absolute Gasteiger partial charge is 0.156 e. The van der Waals surface area contributed by atoms with Crippen molar-refractivity contribution in [3.05, 3.63) is 16.0 Å². The highest BCUT2D eigenvalue weighted by molar-refractivity contribution is 9.10. The molecule has 0 spiro atoms. The number of hydrogen-bond acceptors (Lipinski definition) is 4. The average Bonchev–Trinajstić information content (AvgIpc) is 2.35. The third-order valence-corrected chi connectivity index (χ3v) is 3.21. The molecule has 1 aromatic heterocycles. The Hall–Kier alpha value is -0.680. The van der Waals surface area contributed by atoms with Gasteiger partial charge in [0.1, 0.15) is 12.4 Å². The van der Waals surface area contributed by atoms with Gasteiger partial charge in [0.05, 0.1) is 10.2 Å². The molecule has 1 rings (SSSR count). The van der Waals surface area contributed by atoms with Gasteiger partial charge in [-0.2, -0.15) is 0 Å². The van der Waals surface area contributed by atoms with Gasteiger partial charge in [0.25, 0.3) is 0 Å². The number of halogens is 1. The molecule has 0 saturated carbocycles. The maximum absolute atomic E-state index is 5.51. The number of nitrogens with one attached hydrogen (secondary N) is 1. The summed E-state index contributed by atoms with van der Waals surface area (Å²) < 4.78 is 6.48. The van der Waals surface area contributed by atoms with Crippen molar-refractivity contribution in [3.63, 3.8) is 0 Å². The van der Waals surface area contributed by atoms with Crippen molar-refractivity contribution in [2.24, 2.45) is 0 Å². The summed E-state index contributed by atoms with van der Waals surface area (Å²) in [4.78, 5) is 9.04. The SMILES string of the molecule is CCCOCc1nc(CCC)c(Br)c(NCC)n1. The molecule has 0 aliphatic carbocycles. The second-order valence-corrected chi connectivity index (χ2v) is 4.88. The molecule has 0 aliphatic rings. The summed E-state index contributed by atoms with van der Waals surface area (Å²) in [5.41, 5.74) is 1.05. The lowest BCUT2D eigenvalue weighted by molar-refractivity contribution is 0.116. The van der Waals surface area contributed by atoms with Crippen LogP contribution in [0.4, 0.5) is 5.82 Å². The molecular formula is C13H22BrN3O. The number of ether oxygens (including phenoxy) is 1. The number of nitrogens with zero attached hydrogens (tertiary/aromatic N) is 2. The van der Waals surface area contributed by atoms with E-state index in [0.29, 0.717) is 6.61 Å². The first-order valence-corrected chi connectivity index (χ1v) is 7.39. The molecule has 102 valence electrons. The summed E-state index contributed by atoms with van der Waals surface area (Å²) in [6.07, 6.45) is 3.02. The maximum Gasteiger partial charge on any atom is 0.156 e. The van der Waals surface area contributed by atoms with E-state index >= 15 is 0 Å². The van der Waals surface area contributed by atoms with Crippen LogP contribution in [0.25, 0.3) is 0 Å². The van der Waals surface area contributed by atoms with E-state index in [-0.39, 0.29) is 0 Å². The summed E-state index contributed by atoms with van der Waals surface area (Å²) in [6.45, 7) is 8.37. The van der Waals surface area contributed by atoms with E-state index in [1.54, 1.807) is 0 Å². The summed E-state index contributed by atoms with van der Waals surface area (Å²) in [5.74, 6) is 1.62. The highest BCUT2D eigenvalue weighted by Crippen LogP contribution is 2.24. The molecule has 4 nitrogen and oxygen atoms in total. The van der Waals surface area contributed by atoms with Crippen molar-refractivity contribution in [2.45, 2.75) is 46.6 Å². The van der Waals surface area contributed by atoms with Gasteiger partial charge < -0.3 is 10.1 Å². The molecule has 1 heterocycles. The zero-order valence-electron chi connectivity index (χ0n) is 11.4. The molecule has 0 atom stereocenters. The molecule has 0 fully saturated rings. The van der Waals surface area contributed by atoms with Crippen LogP contribution in [0.1, 0.15) is 45.1 Å². The van der Waals surface area contributed by atoms with Crippen LogP contribution in [0.5, 0.6) is 0 Å². The van der Waals surface area contributed by atoms with E-state index in [4.69, 9.17) is 4.74 Å². The van der Waals surface area contributed by atoms with E-state index in [1.165, 1.54) is 0 Å².